The van der Waals surface area contributed by atoms with Gasteiger partial charge in [-0.2, -0.15) is 5.10 Å². The summed E-state index contributed by atoms with van der Waals surface area (Å²) in [7, 11) is 1.71. The number of hydrogen-bond donors (Lipinski definition) is 1. The molecule has 1 amide bonds. The first kappa shape index (κ1) is 14.9. The van der Waals surface area contributed by atoms with Crippen molar-refractivity contribution < 1.29 is 14.7 Å². The number of carboxylic acid groups (broad SMARTS) is 1. The molecule has 1 aromatic rings. The number of carboxylic acids is 1. The summed E-state index contributed by atoms with van der Waals surface area (Å²) in [5.74, 6) is -0.504. The molecule has 2 heterocycles. The quantitative estimate of drug-likeness (QED) is 0.853. The molecule has 1 fully saturated rings. The van der Waals surface area contributed by atoms with Crippen LogP contribution in [0.3, 0.4) is 0 Å². The Balaban J connectivity index is 2.15. The van der Waals surface area contributed by atoms with Crippen LogP contribution in [0.4, 0.5) is 0 Å². The van der Waals surface area contributed by atoms with E-state index < -0.39 is 12.0 Å². The number of rotatable bonds is 3. The first-order chi connectivity index (χ1) is 9.41. The fourth-order valence-corrected chi connectivity index (χ4v) is 3.34. The Morgan fingerprint density at radius 1 is 1.55 bits per heavy atom. The Labute approximate surface area is 125 Å². The van der Waals surface area contributed by atoms with Crippen LogP contribution in [-0.4, -0.2) is 49.3 Å². The molecule has 0 aliphatic carbocycles. The minimum absolute atomic E-state index is 0.332. The van der Waals surface area contributed by atoms with E-state index in [2.05, 4.69) is 5.10 Å². The molecule has 1 atom stereocenters. The Hall–Kier alpha value is -1.47. The molecule has 0 spiro atoms. The van der Waals surface area contributed by atoms with Crippen LogP contribution in [0, 0.1) is 6.92 Å². The van der Waals surface area contributed by atoms with Gasteiger partial charge in [-0.3, -0.25) is 9.48 Å². The van der Waals surface area contributed by atoms with E-state index in [9.17, 15) is 9.59 Å². The molecule has 6 nitrogen and oxygen atoms in total. The maximum absolute atomic E-state index is 12.1. The highest BCUT2D eigenvalue weighted by Crippen LogP contribution is 2.23. The van der Waals surface area contributed by atoms with Gasteiger partial charge in [0.2, 0.25) is 5.91 Å². The van der Waals surface area contributed by atoms with Crippen molar-refractivity contribution >= 4 is 41.3 Å². The summed E-state index contributed by atoms with van der Waals surface area (Å²) >= 11 is 7.49. The summed E-state index contributed by atoms with van der Waals surface area (Å²) in [6, 6.07) is -0.761. The van der Waals surface area contributed by atoms with Gasteiger partial charge in [0, 0.05) is 24.4 Å². The zero-order chi connectivity index (χ0) is 14.9. The molecule has 8 heteroatoms. The molecule has 2 rings (SSSR count). The SMILES string of the molecule is Cc1nn(C)c(Cl)c1/C=C/C(=O)N1CSCC1C(=O)O. The lowest BCUT2D eigenvalue weighted by atomic mass is 10.2. The third-order valence-electron chi connectivity index (χ3n) is 3.04. The molecule has 1 aliphatic rings. The van der Waals surface area contributed by atoms with Gasteiger partial charge in [0.05, 0.1) is 11.6 Å². The molecule has 1 unspecified atom stereocenters. The number of carbonyl (C=O) groups excluding carboxylic acids is 1. The lowest BCUT2D eigenvalue weighted by Crippen LogP contribution is -2.40. The predicted molar refractivity (Wildman–Crippen MR) is 77.6 cm³/mol. The molecule has 1 aromatic heterocycles. The van der Waals surface area contributed by atoms with Crippen molar-refractivity contribution in [2.45, 2.75) is 13.0 Å². The summed E-state index contributed by atoms with van der Waals surface area (Å²) in [6.07, 6.45) is 2.92. The Morgan fingerprint density at radius 2 is 2.25 bits per heavy atom. The first-order valence-corrected chi connectivity index (χ1v) is 7.43. The number of nitrogens with zero attached hydrogens (tertiary/aromatic N) is 3. The Morgan fingerprint density at radius 3 is 2.80 bits per heavy atom. The number of hydrogen-bond acceptors (Lipinski definition) is 4. The van der Waals surface area contributed by atoms with Crippen molar-refractivity contribution in [2.75, 3.05) is 11.6 Å². The van der Waals surface area contributed by atoms with Crippen molar-refractivity contribution in [3.8, 4) is 0 Å². The number of aryl methyl sites for hydroxylation is 2. The van der Waals surface area contributed by atoms with Crippen molar-refractivity contribution in [3.63, 3.8) is 0 Å². The molecule has 1 saturated heterocycles. The second kappa shape index (κ2) is 5.88. The normalized spacial score (nSPS) is 18.9. The van der Waals surface area contributed by atoms with E-state index in [1.165, 1.54) is 27.4 Å². The van der Waals surface area contributed by atoms with Gasteiger partial charge in [-0.05, 0) is 13.0 Å². The molecule has 0 saturated carbocycles. The standard InChI is InChI=1S/C12H14ClN3O3S/c1-7-8(11(13)15(2)14-7)3-4-10(17)16-6-20-5-9(16)12(18)19/h3-4,9H,5-6H2,1-2H3,(H,18,19)/b4-3+. The van der Waals surface area contributed by atoms with E-state index >= 15 is 0 Å². The number of aromatic nitrogens is 2. The van der Waals surface area contributed by atoms with Crippen molar-refractivity contribution in [2.24, 2.45) is 7.05 Å². The monoisotopic (exact) mass is 315 g/mol. The summed E-state index contributed by atoms with van der Waals surface area (Å²) in [6.45, 7) is 1.79. The first-order valence-electron chi connectivity index (χ1n) is 5.90. The minimum atomic E-state index is -0.979. The molecule has 1 aliphatic heterocycles. The third-order valence-corrected chi connectivity index (χ3v) is 4.50. The van der Waals surface area contributed by atoms with Crippen molar-refractivity contribution in [1.82, 2.24) is 14.7 Å². The lowest BCUT2D eigenvalue weighted by Gasteiger charge is -2.18. The van der Waals surface area contributed by atoms with Crippen LogP contribution in [-0.2, 0) is 16.6 Å². The third kappa shape index (κ3) is 2.83. The number of thioether (sulfide) groups is 1. The van der Waals surface area contributed by atoms with Crippen LogP contribution in [0.25, 0.3) is 6.08 Å². The topological polar surface area (TPSA) is 75.4 Å². The van der Waals surface area contributed by atoms with E-state index in [0.717, 1.165) is 0 Å². The van der Waals surface area contributed by atoms with Gasteiger partial charge in [-0.25, -0.2) is 4.79 Å². The van der Waals surface area contributed by atoms with Crippen LogP contribution < -0.4 is 0 Å². The maximum atomic E-state index is 12.1. The van der Waals surface area contributed by atoms with E-state index in [4.69, 9.17) is 16.7 Å². The molecule has 0 bridgehead atoms. The van der Waals surface area contributed by atoms with Crippen LogP contribution in [0.1, 0.15) is 11.3 Å². The number of halogens is 1. The molecule has 0 aromatic carbocycles. The van der Waals surface area contributed by atoms with Gasteiger partial charge >= 0.3 is 5.97 Å². The zero-order valence-electron chi connectivity index (χ0n) is 11.0. The fourth-order valence-electron chi connectivity index (χ4n) is 1.95. The summed E-state index contributed by atoms with van der Waals surface area (Å²) in [4.78, 5) is 24.4. The highest BCUT2D eigenvalue weighted by atomic mass is 35.5. The summed E-state index contributed by atoms with van der Waals surface area (Å²) in [5.41, 5.74) is 1.38. The zero-order valence-corrected chi connectivity index (χ0v) is 12.6. The second-order valence-corrected chi connectivity index (χ2v) is 5.77. The van der Waals surface area contributed by atoms with E-state index in [-0.39, 0.29) is 5.91 Å². The smallest absolute Gasteiger partial charge is 0.327 e. The molecule has 0 radical (unpaired) electrons. The van der Waals surface area contributed by atoms with Crippen LogP contribution in [0.15, 0.2) is 6.08 Å². The second-order valence-electron chi connectivity index (χ2n) is 4.41. The number of carbonyl (C=O) groups is 2. The largest absolute Gasteiger partial charge is 0.480 e. The number of amides is 1. The highest BCUT2D eigenvalue weighted by molar-refractivity contribution is 7.99. The van der Waals surface area contributed by atoms with Gasteiger partial charge in [-0.1, -0.05) is 11.6 Å². The summed E-state index contributed by atoms with van der Waals surface area (Å²) in [5, 5.41) is 13.6. The minimum Gasteiger partial charge on any atom is -0.480 e. The van der Waals surface area contributed by atoms with Gasteiger partial charge in [0.25, 0.3) is 0 Å². The molecule has 1 N–H and O–H groups in total. The van der Waals surface area contributed by atoms with E-state index in [0.29, 0.717) is 28.0 Å². The Kier molecular flexibility index (Phi) is 4.39. The van der Waals surface area contributed by atoms with Gasteiger partial charge in [0.15, 0.2) is 0 Å². The van der Waals surface area contributed by atoms with Crippen LogP contribution in [0.2, 0.25) is 5.15 Å². The number of aliphatic carboxylic acids is 1. The van der Waals surface area contributed by atoms with Crippen LogP contribution >= 0.6 is 23.4 Å². The van der Waals surface area contributed by atoms with Crippen LogP contribution in [0.5, 0.6) is 0 Å². The molecular weight excluding hydrogens is 302 g/mol. The molecule has 108 valence electrons. The van der Waals surface area contributed by atoms with Gasteiger partial charge in [0.1, 0.15) is 11.2 Å². The van der Waals surface area contributed by atoms with Gasteiger partial charge < -0.3 is 10.0 Å². The van der Waals surface area contributed by atoms with E-state index in [1.807, 2.05) is 0 Å². The summed E-state index contributed by atoms with van der Waals surface area (Å²) < 4.78 is 1.52. The van der Waals surface area contributed by atoms with Gasteiger partial charge in [-0.15, -0.1) is 11.8 Å². The average molecular weight is 316 g/mol. The molecule has 20 heavy (non-hydrogen) atoms. The average Bonchev–Trinajstić information content (AvgIpc) is 2.95. The Bertz CT molecular complexity index is 585. The van der Waals surface area contributed by atoms with Crippen molar-refractivity contribution in [3.05, 3.63) is 22.5 Å². The fraction of sp³-hybridized carbons (Fsp3) is 0.417. The highest BCUT2D eigenvalue weighted by Gasteiger charge is 2.33. The lowest BCUT2D eigenvalue weighted by molar-refractivity contribution is -0.146. The molecular formula is C12H14ClN3O3S. The predicted octanol–water partition coefficient (Wildman–Crippen LogP) is 1.38. The van der Waals surface area contributed by atoms with Crippen molar-refractivity contribution in [1.29, 1.82) is 0 Å². The maximum Gasteiger partial charge on any atom is 0.327 e. The van der Waals surface area contributed by atoms with E-state index in [1.54, 1.807) is 20.0 Å².